The zero-order valence-electron chi connectivity index (χ0n) is 16.7. The number of piperazine rings is 1. The highest BCUT2D eigenvalue weighted by molar-refractivity contribution is 7.89. The van der Waals surface area contributed by atoms with Crippen molar-refractivity contribution in [2.24, 2.45) is 5.73 Å². The van der Waals surface area contributed by atoms with Crippen LogP contribution in [0.4, 0.5) is 5.00 Å². The van der Waals surface area contributed by atoms with Gasteiger partial charge in [-0.15, -0.1) is 11.3 Å². The number of carbonyl (C=O) groups excluding carboxylic acids is 2. The smallest absolute Gasteiger partial charge is 0.251 e. The Balaban J connectivity index is 1.60. The fourth-order valence-electron chi connectivity index (χ4n) is 3.21. The highest BCUT2D eigenvalue weighted by Crippen LogP contribution is 2.24. The molecule has 9 nitrogen and oxygen atoms in total. The van der Waals surface area contributed by atoms with E-state index in [1.54, 1.807) is 30.5 Å². The van der Waals surface area contributed by atoms with Crippen molar-refractivity contribution in [2.45, 2.75) is 17.9 Å². The fraction of sp³-hybridized carbons (Fsp3) is 0.368. The van der Waals surface area contributed by atoms with Crippen LogP contribution in [0.5, 0.6) is 5.75 Å². The van der Waals surface area contributed by atoms with Gasteiger partial charge in [-0.1, -0.05) is 0 Å². The molecule has 1 aromatic heterocycles. The van der Waals surface area contributed by atoms with Gasteiger partial charge in [0.15, 0.2) is 0 Å². The zero-order valence-corrected chi connectivity index (χ0v) is 18.3. The van der Waals surface area contributed by atoms with Crippen LogP contribution in [0.2, 0.25) is 0 Å². The van der Waals surface area contributed by atoms with E-state index in [9.17, 15) is 18.0 Å². The molecule has 1 aliphatic heterocycles. The summed E-state index contributed by atoms with van der Waals surface area (Å²) in [4.78, 5) is 26.1. The highest BCUT2D eigenvalue weighted by Gasteiger charge is 2.32. The number of primary amides is 1. The van der Waals surface area contributed by atoms with Crippen molar-refractivity contribution in [1.29, 1.82) is 0 Å². The summed E-state index contributed by atoms with van der Waals surface area (Å²) >= 11 is 1.23. The third-order valence-electron chi connectivity index (χ3n) is 5.07. The Morgan fingerprint density at radius 2 is 1.77 bits per heavy atom. The molecule has 1 atom stereocenters. The molecule has 2 amide bonds. The molecule has 1 fully saturated rings. The lowest BCUT2D eigenvalue weighted by molar-refractivity contribution is -0.121. The number of hydrogen-bond donors (Lipinski definition) is 2. The molecule has 1 saturated heterocycles. The number of rotatable bonds is 7. The lowest BCUT2D eigenvalue weighted by Crippen LogP contribution is -2.53. The molecule has 162 valence electrons. The van der Waals surface area contributed by atoms with Crippen molar-refractivity contribution in [2.75, 3.05) is 38.6 Å². The summed E-state index contributed by atoms with van der Waals surface area (Å²) in [6.45, 7) is 3.13. The van der Waals surface area contributed by atoms with Crippen LogP contribution in [0.25, 0.3) is 0 Å². The van der Waals surface area contributed by atoms with Gasteiger partial charge in [0, 0.05) is 26.2 Å². The summed E-state index contributed by atoms with van der Waals surface area (Å²) in [5.41, 5.74) is 5.58. The van der Waals surface area contributed by atoms with Crippen LogP contribution in [-0.2, 0) is 14.8 Å². The van der Waals surface area contributed by atoms with E-state index in [1.165, 1.54) is 34.9 Å². The number of thiophene rings is 1. The van der Waals surface area contributed by atoms with Gasteiger partial charge < -0.3 is 15.8 Å². The molecule has 0 radical (unpaired) electrons. The number of hydrogen-bond acceptors (Lipinski definition) is 7. The number of amides is 2. The summed E-state index contributed by atoms with van der Waals surface area (Å²) in [6, 6.07) is 7.34. The molecule has 0 bridgehead atoms. The summed E-state index contributed by atoms with van der Waals surface area (Å²) in [5, 5.41) is 4.84. The largest absolute Gasteiger partial charge is 0.497 e. The number of carbonyl (C=O) groups is 2. The lowest BCUT2D eigenvalue weighted by Gasteiger charge is -2.36. The van der Waals surface area contributed by atoms with Crippen LogP contribution in [0.3, 0.4) is 0 Å². The minimum atomic E-state index is -3.61. The Kier molecular flexibility index (Phi) is 6.76. The average molecular weight is 453 g/mol. The maximum atomic E-state index is 12.9. The molecule has 2 heterocycles. The molecule has 0 spiro atoms. The van der Waals surface area contributed by atoms with Crippen LogP contribution < -0.4 is 15.8 Å². The maximum absolute atomic E-state index is 12.9. The monoisotopic (exact) mass is 452 g/mol. The molecule has 1 aromatic carbocycles. The van der Waals surface area contributed by atoms with Gasteiger partial charge in [0.25, 0.3) is 5.91 Å². The number of benzene rings is 1. The predicted octanol–water partition coefficient (Wildman–Crippen LogP) is 1.19. The van der Waals surface area contributed by atoms with Gasteiger partial charge >= 0.3 is 0 Å². The molecule has 0 unspecified atom stereocenters. The number of nitrogens with one attached hydrogen (secondary N) is 1. The predicted molar refractivity (Wildman–Crippen MR) is 114 cm³/mol. The van der Waals surface area contributed by atoms with Gasteiger partial charge in [0.05, 0.1) is 23.6 Å². The molecule has 3 rings (SSSR count). The second-order valence-corrected chi connectivity index (χ2v) is 9.66. The van der Waals surface area contributed by atoms with Gasteiger partial charge in [-0.2, -0.15) is 4.31 Å². The van der Waals surface area contributed by atoms with E-state index in [0.717, 1.165) is 0 Å². The third kappa shape index (κ3) is 4.64. The molecule has 2 aromatic rings. The maximum Gasteiger partial charge on any atom is 0.251 e. The van der Waals surface area contributed by atoms with Gasteiger partial charge in [-0.05, 0) is 42.6 Å². The van der Waals surface area contributed by atoms with Crippen LogP contribution in [0.1, 0.15) is 17.3 Å². The van der Waals surface area contributed by atoms with Gasteiger partial charge in [-0.25, -0.2) is 8.42 Å². The quantitative estimate of drug-likeness (QED) is 0.651. The number of ether oxygens (including phenoxy) is 1. The normalized spacial score (nSPS) is 16.7. The van der Waals surface area contributed by atoms with Crippen molar-refractivity contribution in [1.82, 2.24) is 9.21 Å². The minimum Gasteiger partial charge on any atom is -0.497 e. The zero-order chi connectivity index (χ0) is 21.9. The van der Waals surface area contributed by atoms with Crippen LogP contribution in [0, 0.1) is 0 Å². The number of nitrogens with zero attached hydrogens (tertiary/aromatic N) is 2. The number of methoxy groups -OCH3 is 1. The number of anilines is 1. The average Bonchev–Trinajstić information content (AvgIpc) is 3.21. The van der Waals surface area contributed by atoms with Crippen molar-refractivity contribution >= 4 is 38.2 Å². The Labute approximate surface area is 179 Å². The standard InChI is InChI=1S/C19H24N4O5S2/c1-13(18(25)21-19-16(17(20)24)7-12-29-19)22-8-10-23(11-9-22)30(26,27)15-5-3-14(28-2)4-6-15/h3-7,12-13H,8-11H2,1-2H3,(H2,20,24)(H,21,25)/t13-/m0/s1. The van der Waals surface area contributed by atoms with Crippen molar-refractivity contribution in [3.8, 4) is 5.75 Å². The summed E-state index contributed by atoms with van der Waals surface area (Å²) in [5.74, 6) is -0.285. The Morgan fingerprint density at radius 3 is 2.33 bits per heavy atom. The molecule has 11 heteroatoms. The fourth-order valence-corrected chi connectivity index (χ4v) is 5.43. The summed E-state index contributed by atoms with van der Waals surface area (Å²) in [7, 11) is -2.09. The van der Waals surface area contributed by atoms with Crippen molar-refractivity contribution in [3.63, 3.8) is 0 Å². The first-order chi connectivity index (χ1) is 14.2. The van der Waals surface area contributed by atoms with Gasteiger partial charge in [0.2, 0.25) is 15.9 Å². The van der Waals surface area contributed by atoms with E-state index in [4.69, 9.17) is 10.5 Å². The Hall–Kier alpha value is -2.47. The molecule has 0 saturated carbocycles. The second kappa shape index (κ2) is 9.13. The molecule has 3 N–H and O–H groups in total. The molecule has 0 aliphatic carbocycles. The Bertz CT molecular complexity index is 1010. The van der Waals surface area contributed by atoms with E-state index >= 15 is 0 Å². The van der Waals surface area contributed by atoms with Crippen LogP contribution in [-0.4, -0.2) is 68.8 Å². The van der Waals surface area contributed by atoms with Crippen molar-refractivity contribution < 1.29 is 22.7 Å². The first kappa shape index (κ1) is 22.2. The first-order valence-electron chi connectivity index (χ1n) is 9.30. The molecular formula is C19H24N4O5S2. The lowest BCUT2D eigenvalue weighted by atomic mass is 10.2. The number of sulfonamides is 1. The minimum absolute atomic E-state index is 0.208. The molecular weight excluding hydrogens is 428 g/mol. The van der Waals surface area contributed by atoms with E-state index in [2.05, 4.69) is 5.32 Å². The summed E-state index contributed by atoms with van der Waals surface area (Å²) in [6.07, 6.45) is 0. The van der Waals surface area contributed by atoms with Gasteiger partial charge in [0.1, 0.15) is 10.8 Å². The van der Waals surface area contributed by atoms with Gasteiger partial charge in [-0.3, -0.25) is 14.5 Å². The second-order valence-electron chi connectivity index (χ2n) is 6.81. The van der Waals surface area contributed by atoms with E-state index < -0.39 is 22.0 Å². The number of nitrogens with two attached hydrogens (primary N) is 1. The van der Waals surface area contributed by atoms with E-state index in [1.807, 2.05) is 4.90 Å². The topological polar surface area (TPSA) is 122 Å². The van der Waals surface area contributed by atoms with Crippen LogP contribution >= 0.6 is 11.3 Å². The Morgan fingerprint density at radius 1 is 1.13 bits per heavy atom. The third-order valence-corrected chi connectivity index (χ3v) is 7.81. The van der Waals surface area contributed by atoms with E-state index in [-0.39, 0.29) is 29.5 Å². The van der Waals surface area contributed by atoms with E-state index in [0.29, 0.717) is 23.8 Å². The van der Waals surface area contributed by atoms with Crippen LogP contribution in [0.15, 0.2) is 40.6 Å². The SMILES string of the molecule is COc1ccc(S(=O)(=O)N2CCN([C@@H](C)C(=O)Nc3sccc3C(N)=O)CC2)cc1. The molecule has 30 heavy (non-hydrogen) atoms. The summed E-state index contributed by atoms with van der Waals surface area (Å²) < 4.78 is 32.2. The molecule has 1 aliphatic rings. The first-order valence-corrected chi connectivity index (χ1v) is 11.6. The highest BCUT2D eigenvalue weighted by atomic mass is 32.2. The van der Waals surface area contributed by atoms with Crippen molar-refractivity contribution in [3.05, 3.63) is 41.3 Å².